The smallest absolute Gasteiger partial charge is 0.0587 e. The van der Waals surface area contributed by atoms with Crippen molar-refractivity contribution in [1.82, 2.24) is 10.2 Å². The number of nitrogens with one attached hydrogen (secondary N) is 1. The van der Waals surface area contributed by atoms with Crippen LogP contribution >= 0.6 is 0 Å². The minimum Gasteiger partial charge on any atom is -0.383 e. The molecule has 1 N–H and O–H groups in total. The van der Waals surface area contributed by atoms with Crippen LogP contribution in [0.1, 0.15) is 45.4 Å². The van der Waals surface area contributed by atoms with Crippen LogP contribution in [0.4, 0.5) is 0 Å². The summed E-state index contributed by atoms with van der Waals surface area (Å²) in [5.41, 5.74) is 0. The monoisotopic (exact) mass is 242 g/mol. The van der Waals surface area contributed by atoms with Gasteiger partial charge in [0, 0.05) is 19.7 Å². The highest BCUT2D eigenvalue weighted by Gasteiger charge is 2.18. The predicted molar refractivity (Wildman–Crippen MR) is 73.5 cm³/mol. The molecule has 17 heavy (non-hydrogen) atoms. The van der Waals surface area contributed by atoms with Gasteiger partial charge in [-0.1, -0.05) is 19.8 Å². The standard InChI is InChI=1S/C14H30N2O/c1-3-14-8-5-4-6-11-16(14)12-7-9-15-10-13-17-2/h14-15H,3-13H2,1-2H3. The molecule has 0 bridgehead atoms. The number of hydrogen-bond donors (Lipinski definition) is 1. The number of ether oxygens (including phenoxy) is 1. The molecule has 1 unspecified atom stereocenters. The zero-order valence-electron chi connectivity index (χ0n) is 11.7. The van der Waals surface area contributed by atoms with E-state index in [1.807, 2.05) is 0 Å². The summed E-state index contributed by atoms with van der Waals surface area (Å²) >= 11 is 0. The minimum absolute atomic E-state index is 0.821. The highest BCUT2D eigenvalue weighted by molar-refractivity contribution is 4.74. The molecule has 3 heteroatoms. The molecule has 0 aromatic rings. The Morgan fingerprint density at radius 1 is 1.24 bits per heavy atom. The van der Waals surface area contributed by atoms with Crippen molar-refractivity contribution in [3.63, 3.8) is 0 Å². The van der Waals surface area contributed by atoms with Gasteiger partial charge in [-0.3, -0.25) is 0 Å². The number of rotatable bonds is 8. The normalized spacial score (nSPS) is 22.6. The van der Waals surface area contributed by atoms with E-state index in [9.17, 15) is 0 Å². The van der Waals surface area contributed by atoms with Gasteiger partial charge in [0.1, 0.15) is 0 Å². The fourth-order valence-electron chi connectivity index (χ4n) is 2.70. The molecule has 1 atom stereocenters. The summed E-state index contributed by atoms with van der Waals surface area (Å²) in [5.74, 6) is 0. The Labute approximate surface area is 107 Å². The van der Waals surface area contributed by atoms with Crippen LogP contribution in [0, 0.1) is 0 Å². The summed E-state index contributed by atoms with van der Waals surface area (Å²) in [6, 6.07) is 0.844. The lowest BCUT2D eigenvalue weighted by atomic mass is 10.1. The number of hydrogen-bond acceptors (Lipinski definition) is 3. The van der Waals surface area contributed by atoms with Gasteiger partial charge in [0.05, 0.1) is 6.61 Å². The fourth-order valence-corrected chi connectivity index (χ4v) is 2.70. The lowest BCUT2D eigenvalue weighted by molar-refractivity contribution is 0.186. The molecule has 1 saturated heterocycles. The molecule has 0 aliphatic carbocycles. The topological polar surface area (TPSA) is 24.5 Å². The number of likely N-dealkylation sites (tertiary alicyclic amines) is 1. The lowest BCUT2D eigenvalue weighted by Crippen LogP contribution is -2.36. The summed E-state index contributed by atoms with van der Waals surface area (Å²) < 4.78 is 5.02. The SMILES string of the molecule is CCC1CCCCCN1CCCNCCOC. The summed E-state index contributed by atoms with van der Waals surface area (Å²) in [7, 11) is 1.75. The second kappa shape index (κ2) is 9.86. The summed E-state index contributed by atoms with van der Waals surface area (Å²) in [5, 5.41) is 3.42. The Kier molecular flexibility index (Phi) is 8.67. The molecule has 3 nitrogen and oxygen atoms in total. The van der Waals surface area contributed by atoms with Gasteiger partial charge in [0.25, 0.3) is 0 Å². The Morgan fingerprint density at radius 2 is 2.12 bits per heavy atom. The van der Waals surface area contributed by atoms with Crippen molar-refractivity contribution in [2.75, 3.05) is 39.9 Å². The van der Waals surface area contributed by atoms with E-state index in [0.717, 1.165) is 25.7 Å². The van der Waals surface area contributed by atoms with E-state index in [-0.39, 0.29) is 0 Å². The first-order chi connectivity index (χ1) is 8.38. The Bertz CT molecular complexity index is 176. The lowest BCUT2D eigenvalue weighted by Gasteiger charge is -2.29. The first-order valence-corrected chi connectivity index (χ1v) is 7.32. The van der Waals surface area contributed by atoms with Crippen LogP contribution in [0.5, 0.6) is 0 Å². The molecule has 0 amide bonds. The molecule has 1 rings (SSSR count). The second-order valence-electron chi connectivity index (χ2n) is 5.04. The molecule has 1 fully saturated rings. The largest absolute Gasteiger partial charge is 0.383 e. The molecule has 0 aromatic carbocycles. The highest BCUT2D eigenvalue weighted by Crippen LogP contribution is 2.18. The zero-order valence-corrected chi connectivity index (χ0v) is 11.7. The van der Waals surface area contributed by atoms with Crippen LogP contribution in [-0.2, 0) is 4.74 Å². The van der Waals surface area contributed by atoms with Gasteiger partial charge >= 0.3 is 0 Å². The third kappa shape index (κ3) is 6.39. The molecule has 0 radical (unpaired) electrons. The second-order valence-corrected chi connectivity index (χ2v) is 5.04. The molecule has 0 saturated carbocycles. The van der Waals surface area contributed by atoms with Crippen LogP contribution in [0.25, 0.3) is 0 Å². The van der Waals surface area contributed by atoms with Crippen LogP contribution in [0.3, 0.4) is 0 Å². The van der Waals surface area contributed by atoms with Gasteiger partial charge in [-0.25, -0.2) is 0 Å². The molecule has 0 aromatic heterocycles. The maximum Gasteiger partial charge on any atom is 0.0587 e. The van der Waals surface area contributed by atoms with Crippen molar-refractivity contribution < 1.29 is 4.74 Å². The molecule has 1 aliphatic heterocycles. The molecule has 0 spiro atoms. The van der Waals surface area contributed by atoms with Crippen LogP contribution < -0.4 is 5.32 Å². The molecular formula is C14H30N2O. The predicted octanol–water partition coefficient (Wildman–Crippen LogP) is 2.27. The van der Waals surface area contributed by atoms with Gasteiger partial charge in [0.15, 0.2) is 0 Å². The minimum atomic E-state index is 0.821. The van der Waals surface area contributed by atoms with E-state index >= 15 is 0 Å². The van der Waals surface area contributed by atoms with Crippen LogP contribution in [0.2, 0.25) is 0 Å². The maximum absolute atomic E-state index is 5.02. The van der Waals surface area contributed by atoms with E-state index in [2.05, 4.69) is 17.1 Å². The number of nitrogens with zero attached hydrogens (tertiary/aromatic N) is 1. The highest BCUT2D eigenvalue weighted by atomic mass is 16.5. The average molecular weight is 242 g/mol. The summed E-state index contributed by atoms with van der Waals surface area (Å²) in [6.45, 7) is 7.83. The first kappa shape index (κ1) is 14.9. The van der Waals surface area contributed by atoms with Crippen molar-refractivity contribution in [2.24, 2.45) is 0 Å². The van der Waals surface area contributed by atoms with E-state index < -0.39 is 0 Å². The Hall–Kier alpha value is -0.120. The quantitative estimate of drug-likeness (QED) is 0.661. The van der Waals surface area contributed by atoms with Crippen molar-refractivity contribution in [2.45, 2.75) is 51.5 Å². The molecule has 1 heterocycles. The van der Waals surface area contributed by atoms with E-state index in [1.165, 1.54) is 51.6 Å². The van der Waals surface area contributed by atoms with Gasteiger partial charge in [0.2, 0.25) is 0 Å². The fraction of sp³-hybridized carbons (Fsp3) is 1.00. The molecular weight excluding hydrogens is 212 g/mol. The third-order valence-corrected chi connectivity index (χ3v) is 3.75. The molecule has 1 aliphatic rings. The van der Waals surface area contributed by atoms with Gasteiger partial charge in [-0.2, -0.15) is 0 Å². The van der Waals surface area contributed by atoms with Gasteiger partial charge in [-0.15, -0.1) is 0 Å². The van der Waals surface area contributed by atoms with E-state index in [0.29, 0.717) is 0 Å². The summed E-state index contributed by atoms with van der Waals surface area (Å²) in [4.78, 5) is 2.71. The van der Waals surface area contributed by atoms with Crippen LogP contribution in [-0.4, -0.2) is 50.8 Å². The molecule has 102 valence electrons. The van der Waals surface area contributed by atoms with E-state index in [4.69, 9.17) is 4.74 Å². The van der Waals surface area contributed by atoms with E-state index in [1.54, 1.807) is 7.11 Å². The first-order valence-electron chi connectivity index (χ1n) is 7.32. The average Bonchev–Trinajstić information content (AvgIpc) is 2.58. The Balaban J connectivity index is 2.10. The van der Waals surface area contributed by atoms with Gasteiger partial charge < -0.3 is 15.0 Å². The van der Waals surface area contributed by atoms with Gasteiger partial charge in [-0.05, 0) is 45.3 Å². The van der Waals surface area contributed by atoms with Crippen molar-refractivity contribution in [3.8, 4) is 0 Å². The van der Waals surface area contributed by atoms with Crippen LogP contribution in [0.15, 0.2) is 0 Å². The van der Waals surface area contributed by atoms with Crippen molar-refractivity contribution >= 4 is 0 Å². The van der Waals surface area contributed by atoms with Crippen molar-refractivity contribution in [1.29, 1.82) is 0 Å². The number of methoxy groups -OCH3 is 1. The third-order valence-electron chi connectivity index (χ3n) is 3.75. The zero-order chi connectivity index (χ0) is 12.3. The van der Waals surface area contributed by atoms with Crippen molar-refractivity contribution in [3.05, 3.63) is 0 Å². The summed E-state index contributed by atoms with van der Waals surface area (Å²) in [6.07, 6.45) is 8.25. The maximum atomic E-state index is 5.02. The Morgan fingerprint density at radius 3 is 2.88 bits per heavy atom.